The van der Waals surface area contributed by atoms with E-state index in [0.29, 0.717) is 19.5 Å². The second kappa shape index (κ2) is 12.6. The number of nitrogens with one attached hydrogen (secondary N) is 1. The van der Waals surface area contributed by atoms with Crippen LogP contribution in [0, 0.1) is 0 Å². The molecule has 2 amide bonds. The Morgan fingerprint density at radius 2 is 1.79 bits per heavy atom. The van der Waals surface area contributed by atoms with Gasteiger partial charge in [-0.3, -0.25) is 9.59 Å². The number of rotatable bonds is 11. The van der Waals surface area contributed by atoms with Crippen LogP contribution in [0.5, 0.6) is 0 Å². The third kappa shape index (κ3) is 8.11. The molecule has 4 nitrogen and oxygen atoms in total. The second-order valence-corrected chi connectivity index (χ2v) is 8.48. The van der Waals surface area contributed by atoms with Gasteiger partial charge in [-0.15, -0.1) is 11.8 Å². The summed E-state index contributed by atoms with van der Waals surface area (Å²) >= 11 is 7.61. The molecule has 0 saturated carbocycles. The van der Waals surface area contributed by atoms with Gasteiger partial charge in [0.05, 0.1) is 0 Å². The summed E-state index contributed by atoms with van der Waals surface area (Å²) in [5, 5.41) is 3.62. The highest BCUT2D eigenvalue weighted by Gasteiger charge is 2.25. The van der Waals surface area contributed by atoms with E-state index in [0.717, 1.165) is 34.1 Å². The monoisotopic (exact) mass is 432 g/mol. The second-order valence-electron chi connectivity index (χ2n) is 6.88. The van der Waals surface area contributed by atoms with Gasteiger partial charge in [-0.25, -0.2) is 0 Å². The van der Waals surface area contributed by atoms with Crippen molar-refractivity contribution in [1.82, 2.24) is 10.2 Å². The molecule has 2 aromatic rings. The number of amides is 2. The van der Waals surface area contributed by atoms with Crippen LogP contribution in [0.25, 0.3) is 0 Å². The maximum atomic E-state index is 12.9. The highest BCUT2D eigenvalue weighted by atomic mass is 35.5. The number of hydrogen-bond donors (Lipinski definition) is 1. The first kappa shape index (κ1) is 23.3. The number of thioether (sulfide) groups is 1. The molecule has 0 aliphatic carbocycles. The van der Waals surface area contributed by atoms with Gasteiger partial charge >= 0.3 is 0 Å². The Bertz CT molecular complexity index is 768. The molecule has 6 heteroatoms. The van der Waals surface area contributed by atoms with Crippen molar-refractivity contribution in [3.8, 4) is 0 Å². The SMILES string of the molecule is CCCNC(=O)[C@@H](C)N(Cc1ccccc1)C(=O)CCCSc1ccc(Cl)cc1. The molecule has 1 atom stereocenters. The Morgan fingerprint density at radius 3 is 2.45 bits per heavy atom. The van der Waals surface area contributed by atoms with Crippen LogP contribution in [0.4, 0.5) is 0 Å². The van der Waals surface area contributed by atoms with Crippen molar-refractivity contribution in [1.29, 1.82) is 0 Å². The molecular weight excluding hydrogens is 404 g/mol. The molecule has 0 bridgehead atoms. The van der Waals surface area contributed by atoms with Gasteiger partial charge in [-0.1, -0.05) is 48.9 Å². The fourth-order valence-electron chi connectivity index (χ4n) is 2.85. The summed E-state index contributed by atoms with van der Waals surface area (Å²) in [6, 6.07) is 17.0. The molecular formula is C23H29ClN2O2S. The minimum atomic E-state index is -0.502. The molecule has 2 aromatic carbocycles. The van der Waals surface area contributed by atoms with E-state index in [4.69, 9.17) is 11.6 Å². The van der Waals surface area contributed by atoms with Crippen LogP contribution in [0.2, 0.25) is 5.02 Å². The van der Waals surface area contributed by atoms with E-state index in [1.807, 2.05) is 61.5 Å². The highest BCUT2D eigenvalue weighted by molar-refractivity contribution is 7.99. The van der Waals surface area contributed by atoms with Crippen molar-refractivity contribution in [2.24, 2.45) is 0 Å². The van der Waals surface area contributed by atoms with Gasteiger partial charge in [-0.05, 0) is 55.3 Å². The summed E-state index contributed by atoms with van der Waals surface area (Å²) in [7, 11) is 0. The van der Waals surface area contributed by atoms with Crippen molar-refractivity contribution in [2.75, 3.05) is 12.3 Å². The summed E-state index contributed by atoms with van der Waals surface area (Å²) < 4.78 is 0. The zero-order valence-electron chi connectivity index (χ0n) is 17.1. The van der Waals surface area contributed by atoms with E-state index in [1.54, 1.807) is 23.6 Å². The first-order chi connectivity index (χ1) is 14.0. The first-order valence-corrected chi connectivity index (χ1v) is 11.4. The van der Waals surface area contributed by atoms with E-state index in [1.165, 1.54) is 0 Å². The highest BCUT2D eigenvalue weighted by Crippen LogP contribution is 2.22. The lowest BCUT2D eigenvalue weighted by molar-refractivity contribution is -0.140. The van der Waals surface area contributed by atoms with Crippen LogP contribution >= 0.6 is 23.4 Å². The lowest BCUT2D eigenvalue weighted by Gasteiger charge is -2.29. The molecule has 0 fully saturated rings. The largest absolute Gasteiger partial charge is 0.354 e. The van der Waals surface area contributed by atoms with Gasteiger partial charge in [0.15, 0.2) is 0 Å². The topological polar surface area (TPSA) is 49.4 Å². The molecule has 0 heterocycles. The Kier molecular flexibility index (Phi) is 10.1. The quantitative estimate of drug-likeness (QED) is 0.394. The normalized spacial score (nSPS) is 11.7. The predicted octanol–water partition coefficient (Wildman–Crippen LogP) is 5.16. The molecule has 0 spiro atoms. The minimum absolute atomic E-state index is 0.00436. The first-order valence-electron chi connectivity index (χ1n) is 10.0. The maximum Gasteiger partial charge on any atom is 0.242 e. The van der Waals surface area contributed by atoms with Crippen molar-refractivity contribution < 1.29 is 9.59 Å². The molecule has 0 aliphatic rings. The molecule has 0 unspecified atom stereocenters. The van der Waals surface area contributed by atoms with Crippen molar-refractivity contribution in [2.45, 2.75) is 50.6 Å². The number of halogens is 1. The Morgan fingerprint density at radius 1 is 1.10 bits per heavy atom. The van der Waals surface area contributed by atoms with Crippen LogP contribution < -0.4 is 5.32 Å². The minimum Gasteiger partial charge on any atom is -0.354 e. The van der Waals surface area contributed by atoms with E-state index >= 15 is 0 Å². The van der Waals surface area contributed by atoms with Crippen LogP contribution in [-0.4, -0.2) is 35.1 Å². The van der Waals surface area contributed by atoms with E-state index in [-0.39, 0.29) is 11.8 Å². The number of benzene rings is 2. The smallest absolute Gasteiger partial charge is 0.242 e. The van der Waals surface area contributed by atoms with Crippen molar-refractivity contribution >= 4 is 35.2 Å². The molecule has 0 aromatic heterocycles. The number of nitrogens with zero attached hydrogens (tertiary/aromatic N) is 1. The van der Waals surface area contributed by atoms with Crippen LogP contribution in [0.3, 0.4) is 0 Å². The van der Waals surface area contributed by atoms with Gasteiger partial charge in [-0.2, -0.15) is 0 Å². The van der Waals surface area contributed by atoms with E-state index in [2.05, 4.69) is 5.32 Å². The van der Waals surface area contributed by atoms with Gasteiger partial charge in [0.1, 0.15) is 6.04 Å². The summed E-state index contributed by atoms with van der Waals surface area (Å²) in [5.41, 5.74) is 1.02. The average Bonchev–Trinajstić information content (AvgIpc) is 2.74. The maximum absolute atomic E-state index is 12.9. The third-order valence-electron chi connectivity index (χ3n) is 4.53. The fraction of sp³-hybridized carbons (Fsp3) is 0.391. The molecule has 29 heavy (non-hydrogen) atoms. The van der Waals surface area contributed by atoms with Crippen LogP contribution in [-0.2, 0) is 16.1 Å². The van der Waals surface area contributed by atoms with Gasteiger partial charge in [0, 0.05) is 29.4 Å². The van der Waals surface area contributed by atoms with E-state index < -0.39 is 6.04 Å². The third-order valence-corrected chi connectivity index (χ3v) is 5.88. The van der Waals surface area contributed by atoms with E-state index in [9.17, 15) is 9.59 Å². The molecule has 0 saturated heterocycles. The van der Waals surface area contributed by atoms with Crippen molar-refractivity contribution in [3.05, 3.63) is 65.2 Å². The predicted molar refractivity (Wildman–Crippen MR) is 121 cm³/mol. The lowest BCUT2D eigenvalue weighted by atomic mass is 10.1. The average molecular weight is 433 g/mol. The van der Waals surface area contributed by atoms with Crippen LogP contribution in [0.1, 0.15) is 38.7 Å². The van der Waals surface area contributed by atoms with Crippen LogP contribution in [0.15, 0.2) is 59.5 Å². The Hall–Kier alpha value is -1.98. The lowest BCUT2D eigenvalue weighted by Crippen LogP contribution is -2.47. The summed E-state index contributed by atoms with van der Waals surface area (Å²) in [6.07, 6.45) is 2.03. The summed E-state index contributed by atoms with van der Waals surface area (Å²) in [5.74, 6) is 0.736. The zero-order valence-corrected chi connectivity index (χ0v) is 18.6. The molecule has 0 radical (unpaired) electrons. The summed E-state index contributed by atoms with van der Waals surface area (Å²) in [6.45, 7) is 4.86. The van der Waals surface area contributed by atoms with Gasteiger partial charge in [0.25, 0.3) is 0 Å². The fourth-order valence-corrected chi connectivity index (χ4v) is 3.83. The van der Waals surface area contributed by atoms with Gasteiger partial charge < -0.3 is 10.2 Å². The zero-order chi connectivity index (χ0) is 21.1. The number of hydrogen-bond acceptors (Lipinski definition) is 3. The standard InChI is InChI=1S/C23H29ClN2O2S/c1-3-15-25-23(28)18(2)26(17-19-8-5-4-6-9-19)22(27)10-7-16-29-21-13-11-20(24)12-14-21/h4-6,8-9,11-14,18H,3,7,10,15-17H2,1-2H3,(H,25,28)/t18-/m1/s1. The number of carbonyl (C=O) groups excluding carboxylic acids is 2. The molecule has 2 rings (SSSR count). The molecule has 0 aliphatic heterocycles. The Balaban J connectivity index is 1.93. The molecule has 156 valence electrons. The Labute approximate surface area is 183 Å². The van der Waals surface area contributed by atoms with Crippen molar-refractivity contribution in [3.63, 3.8) is 0 Å². The number of carbonyl (C=O) groups is 2. The summed E-state index contributed by atoms with van der Waals surface area (Å²) in [4.78, 5) is 28.2. The van der Waals surface area contributed by atoms with Gasteiger partial charge in [0.2, 0.25) is 11.8 Å². The molecule has 1 N–H and O–H groups in total.